The zero-order valence-corrected chi connectivity index (χ0v) is 45.9. The maximum atomic E-state index is 14.6. The van der Waals surface area contributed by atoms with Crippen LogP contribution >= 0.6 is 12.3 Å². The third kappa shape index (κ3) is 20.6. The van der Waals surface area contributed by atoms with E-state index in [9.17, 15) is 74.1 Å². The Labute approximate surface area is 463 Å². The van der Waals surface area contributed by atoms with Crippen LogP contribution in [0.2, 0.25) is 0 Å². The molecular weight excluding hydrogens is 1060 g/mol. The van der Waals surface area contributed by atoms with Crippen molar-refractivity contribution >= 4 is 59.6 Å². The molecule has 3 aliphatic heterocycles. The molecule has 0 bridgehead atoms. The van der Waals surface area contributed by atoms with Gasteiger partial charge in [-0.05, 0) is 31.0 Å². The largest absolute Gasteiger partial charge is 0.504 e. The summed E-state index contributed by atoms with van der Waals surface area (Å²) in [5.41, 5.74) is 5.49. The average Bonchev–Trinajstić information content (AvgIpc) is 4.00. The number of unbranched alkanes of at least 4 members (excludes halogenated alkanes) is 12. The number of β-amino-alcohol motifs (C(OH)–C–C–N with tert-alkyl or cyclic N) is 1. The lowest BCUT2D eigenvalue weighted by Gasteiger charge is -2.33. The van der Waals surface area contributed by atoms with Gasteiger partial charge in [0.25, 0.3) is 12.3 Å². The number of phenolic OH excluding ortho intramolecular Hbond substituents is 1. The van der Waals surface area contributed by atoms with Gasteiger partial charge in [-0.15, -0.1) is 0 Å². The number of nitrogens with one attached hydrogen (secondary N) is 5. The number of fused-ring (bicyclic) bond motifs is 2. The predicted octanol–water partition coefficient (Wildman–Crippen LogP) is -1.25. The van der Waals surface area contributed by atoms with E-state index in [2.05, 4.69) is 42.9 Å². The average molecular weight is 1140 g/mol. The van der Waals surface area contributed by atoms with Crippen LogP contribution in [0, 0.1) is 5.92 Å². The van der Waals surface area contributed by atoms with Gasteiger partial charge in [-0.1, -0.05) is 106 Å². The number of hydrogen-bond donors (Lipinski definition) is 14. The van der Waals surface area contributed by atoms with Crippen molar-refractivity contribution < 1.29 is 92.9 Å². The normalized spacial score (nSPS) is 26.9. The first-order chi connectivity index (χ1) is 37.6. The molecule has 0 spiro atoms. The number of amides is 8. The first-order valence-electron chi connectivity index (χ1n) is 27.2. The van der Waals surface area contributed by atoms with E-state index < -0.39 is 171 Å². The maximum Gasteiger partial charge on any atom is 0.261 e. The van der Waals surface area contributed by atoms with Gasteiger partial charge in [0.15, 0.2) is 11.5 Å². The SMILES string of the molecule is CCCCCCCCCCCCCCCC(=O)N[C@H]1C[C@H](O)CNC(=O)C2[C@@H](O)C(C)CN2C(=O)[C@H]([C@H](O)CC(N)=O)NC(=O)C([C@H](O)Cc2ccc(O)c(OSOOO)c2)NC(=O)C2CC(O)CN2C(=O)C(C(C)O)NC1=O. The minimum Gasteiger partial charge on any atom is -0.504 e. The topological polar surface area (TPSA) is 419 Å². The van der Waals surface area contributed by atoms with Crippen molar-refractivity contribution in [2.24, 2.45) is 11.7 Å². The Bertz CT molecular complexity index is 2180. The Morgan fingerprint density at radius 2 is 1.35 bits per heavy atom. The molecule has 79 heavy (non-hydrogen) atoms. The summed E-state index contributed by atoms with van der Waals surface area (Å²) in [6.07, 6.45) is 0.748. The first-order valence-corrected chi connectivity index (χ1v) is 27.8. The van der Waals surface area contributed by atoms with E-state index >= 15 is 0 Å². The highest BCUT2D eigenvalue weighted by atomic mass is 32.2. The molecule has 8 amide bonds. The van der Waals surface area contributed by atoms with E-state index in [1.807, 2.05) is 0 Å². The molecule has 27 nitrogen and oxygen atoms in total. The number of aromatic hydroxyl groups is 1. The van der Waals surface area contributed by atoms with E-state index in [1.54, 1.807) is 0 Å². The zero-order chi connectivity index (χ0) is 58.3. The fourth-order valence-corrected chi connectivity index (χ4v) is 10.2. The summed E-state index contributed by atoms with van der Waals surface area (Å²) in [6.45, 7) is 3.26. The molecule has 0 aromatic heterocycles. The molecular formula is C51H82N8O19S. The summed E-state index contributed by atoms with van der Waals surface area (Å²) in [6, 6.07) is -7.72. The second kappa shape index (κ2) is 33.4. The fourth-order valence-electron chi connectivity index (χ4n) is 9.99. The number of rotatable bonds is 26. The maximum absolute atomic E-state index is 14.6. The minimum atomic E-state index is -2.18. The van der Waals surface area contributed by atoms with Crippen molar-refractivity contribution in [3.8, 4) is 11.5 Å². The molecule has 3 fully saturated rings. The molecule has 4 rings (SSSR count). The van der Waals surface area contributed by atoms with E-state index in [0.717, 1.165) is 61.0 Å². The highest BCUT2D eigenvalue weighted by molar-refractivity contribution is 7.90. The summed E-state index contributed by atoms with van der Waals surface area (Å²) < 4.78 is 9.28. The molecule has 3 saturated heterocycles. The highest BCUT2D eigenvalue weighted by Gasteiger charge is 2.50. The van der Waals surface area contributed by atoms with Crippen LogP contribution < -0.4 is 36.5 Å². The summed E-state index contributed by atoms with van der Waals surface area (Å²) >= 11 is 0.0684. The van der Waals surface area contributed by atoms with Gasteiger partial charge in [-0.3, -0.25) is 38.4 Å². The minimum absolute atomic E-state index is 0.0143. The van der Waals surface area contributed by atoms with Crippen LogP contribution in [0.25, 0.3) is 0 Å². The second-order valence-electron chi connectivity index (χ2n) is 20.9. The number of phenols is 1. The molecule has 0 radical (unpaired) electrons. The Hall–Kier alpha value is -5.43. The number of carbonyl (C=O) groups is 8. The summed E-state index contributed by atoms with van der Waals surface area (Å²) in [4.78, 5) is 113. The highest BCUT2D eigenvalue weighted by Crippen LogP contribution is 2.31. The van der Waals surface area contributed by atoms with Crippen molar-refractivity contribution in [1.82, 2.24) is 36.4 Å². The second-order valence-corrected chi connectivity index (χ2v) is 21.3. The third-order valence-electron chi connectivity index (χ3n) is 14.3. The lowest BCUT2D eigenvalue weighted by molar-refractivity contribution is -0.433. The lowest BCUT2D eigenvalue weighted by atomic mass is 9.98. The van der Waals surface area contributed by atoms with Crippen molar-refractivity contribution in [2.45, 2.75) is 209 Å². The number of nitrogens with zero attached hydrogens (tertiary/aromatic N) is 2. The van der Waals surface area contributed by atoms with Gasteiger partial charge in [0.2, 0.25) is 47.3 Å². The van der Waals surface area contributed by atoms with E-state index in [1.165, 1.54) is 57.9 Å². The number of carbonyl (C=O) groups excluding carboxylic acids is 8. The van der Waals surface area contributed by atoms with Crippen molar-refractivity contribution in [2.75, 3.05) is 19.6 Å². The Kier molecular flexibility index (Phi) is 27.9. The van der Waals surface area contributed by atoms with Crippen LogP contribution in [0.3, 0.4) is 0 Å². The van der Waals surface area contributed by atoms with Crippen molar-refractivity contribution in [3.63, 3.8) is 0 Å². The van der Waals surface area contributed by atoms with E-state index in [-0.39, 0.29) is 36.6 Å². The van der Waals surface area contributed by atoms with Gasteiger partial charge < -0.3 is 82.0 Å². The molecule has 15 N–H and O–H groups in total. The lowest BCUT2D eigenvalue weighted by Crippen LogP contribution is -2.64. The number of aliphatic hydroxyl groups excluding tert-OH is 6. The quantitative estimate of drug-likeness (QED) is 0.0223. The van der Waals surface area contributed by atoms with Crippen molar-refractivity contribution in [1.29, 1.82) is 0 Å². The first kappa shape index (κ1) is 66.1. The van der Waals surface area contributed by atoms with Crippen LogP contribution in [0.4, 0.5) is 0 Å². The van der Waals surface area contributed by atoms with Crippen LogP contribution in [-0.4, -0.2) is 191 Å². The summed E-state index contributed by atoms with van der Waals surface area (Å²) in [5.74, 6) is -10.4. The van der Waals surface area contributed by atoms with Crippen molar-refractivity contribution in [3.05, 3.63) is 23.8 Å². The molecule has 28 heteroatoms. The van der Waals surface area contributed by atoms with E-state index in [4.69, 9.17) is 15.2 Å². The molecule has 13 atom stereocenters. The third-order valence-corrected chi connectivity index (χ3v) is 14.7. The van der Waals surface area contributed by atoms with Gasteiger partial charge in [0.1, 0.15) is 36.3 Å². The number of primary amides is 1. The number of aliphatic hydroxyl groups is 6. The van der Waals surface area contributed by atoms with Gasteiger partial charge in [0, 0.05) is 51.2 Å². The zero-order valence-electron chi connectivity index (χ0n) is 45.0. The van der Waals surface area contributed by atoms with Crippen LogP contribution in [-0.2, 0) is 54.1 Å². The van der Waals surface area contributed by atoms with Gasteiger partial charge in [-0.2, -0.15) is 0 Å². The number of hydrogen-bond acceptors (Lipinski definition) is 20. The number of nitrogens with two attached hydrogens (primary N) is 1. The van der Waals surface area contributed by atoms with Crippen LogP contribution in [0.15, 0.2) is 18.2 Å². The fraction of sp³-hybridized carbons (Fsp3) is 0.725. The Balaban J connectivity index is 1.68. The molecule has 446 valence electrons. The number of benzene rings is 1. The van der Waals surface area contributed by atoms with Gasteiger partial charge in [0.05, 0.1) is 43.0 Å². The summed E-state index contributed by atoms with van der Waals surface area (Å²) in [5, 5.41) is 102. The molecule has 3 heterocycles. The molecule has 0 aliphatic carbocycles. The standard InChI is InChI=1S/C51H82N8O19S/c1-4-5-6-7-8-9-10-11-12-13-14-15-16-17-40(67)54-33-22-31(61)25-53-49(72)44-45(68)28(2)26-59(44)51(74)43(37(65)24-39(52)66)57-48(71)42(36(64)20-30-18-19-35(63)38(21-30)76-79-78-77-75)56-47(70)34-23-32(62)27-58(34)50(73)41(29(3)60)55-46(33)69/h18-19,21,28-29,31-34,36-37,41-45,60-65,68,75H,4-17,20,22-27H2,1-3H3,(H2,52,66)(H,53,72)(H,54,67)(H,55,69)(H,56,70)(H,57,71)/t28?,29?,31-,32?,33-,34?,36+,37+,41?,42?,43-,44?,45-/m0/s1. The molecule has 1 aromatic carbocycles. The monoisotopic (exact) mass is 1140 g/mol. The van der Waals surface area contributed by atoms with E-state index in [0.29, 0.717) is 6.42 Å². The van der Waals surface area contributed by atoms with Gasteiger partial charge >= 0.3 is 0 Å². The smallest absolute Gasteiger partial charge is 0.261 e. The summed E-state index contributed by atoms with van der Waals surface area (Å²) in [7, 11) is 0. The molecule has 3 aliphatic rings. The Morgan fingerprint density at radius 3 is 1.96 bits per heavy atom. The Morgan fingerprint density at radius 1 is 0.759 bits per heavy atom. The molecule has 7 unspecified atom stereocenters. The molecule has 0 saturated carbocycles. The van der Waals surface area contributed by atoms with Crippen LogP contribution in [0.5, 0.6) is 11.5 Å². The molecule has 1 aromatic rings. The predicted molar refractivity (Wildman–Crippen MR) is 281 cm³/mol. The van der Waals surface area contributed by atoms with Gasteiger partial charge in [-0.25, -0.2) is 5.26 Å². The van der Waals surface area contributed by atoms with Crippen LogP contribution in [0.1, 0.15) is 135 Å².